The molecule has 0 atom stereocenters. The average Bonchev–Trinajstić information content (AvgIpc) is 2.84. The number of ether oxygens (including phenoxy) is 1. The molecule has 2 saturated heterocycles. The molecule has 0 amide bonds. The van der Waals surface area contributed by atoms with E-state index in [1.54, 1.807) is 12.4 Å². The molecular weight excluding hydrogens is 517 g/mol. The molecule has 1 aromatic carbocycles. The third kappa shape index (κ3) is 7.01. The van der Waals surface area contributed by atoms with Crippen LogP contribution in [0.1, 0.15) is 18.1 Å². The summed E-state index contributed by atoms with van der Waals surface area (Å²) < 4.78 is 5.43. The summed E-state index contributed by atoms with van der Waals surface area (Å²) in [5.74, 6) is 1.79. The fraction of sp³-hybridized carbons (Fsp3) is 0.522. The molecule has 2 fully saturated rings. The Hall–Kier alpha value is -1.98. The summed E-state index contributed by atoms with van der Waals surface area (Å²) in [6, 6.07) is 10.7. The third-order valence-electron chi connectivity index (χ3n) is 5.69. The van der Waals surface area contributed by atoms with Crippen LogP contribution in [0.25, 0.3) is 0 Å². The number of benzene rings is 1. The van der Waals surface area contributed by atoms with Gasteiger partial charge < -0.3 is 19.9 Å². The molecular formula is C23H34IN7O. The standard InChI is InChI=1S/C23H33N7O.HI/c1-2-24-22(29-10-12-30(13-11-29)23-25-8-3-9-26-23)27-18-20-4-6-21(7-5-20)19-28-14-16-31-17-15-28;/h3-9H,2,10-19H2,1H3,(H,24,27);1H. The first-order valence-corrected chi connectivity index (χ1v) is 11.2. The van der Waals surface area contributed by atoms with E-state index in [1.807, 2.05) is 6.07 Å². The molecule has 9 heteroatoms. The van der Waals surface area contributed by atoms with Gasteiger partial charge in [0.05, 0.1) is 19.8 Å². The molecule has 0 aliphatic carbocycles. The van der Waals surface area contributed by atoms with Crippen LogP contribution >= 0.6 is 24.0 Å². The van der Waals surface area contributed by atoms with E-state index in [0.717, 1.165) is 77.5 Å². The number of hydrogen-bond acceptors (Lipinski definition) is 6. The van der Waals surface area contributed by atoms with Gasteiger partial charge in [-0.3, -0.25) is 4.90 Å². The Morgan fingerprint density at radius 2 is 1.62 bits per heavy atom. The molecule has 0 saturated carbocycles. The van der Waals surface area contributed by atoms with E-state index in [-0.39, 0.29) is 24.0 Å². The highest BCUT2D eigenvalue weighted by molar-refractivity contribution is 14.0. The Morgan fingerprint density at radius 3 is 2.28 bits per heavy atom. The predicted octanol–water partition coefficient (Wildman–Crippen LogP) is 2.21. The Kier molecular flexibility index (Phi) is 9.94. The SMILES string of the molecule is CCNC(=NCc1ccc(CN2CCOCC2)cc1)N1CCN(c2ncccn2)CC1.I. The van der Waals surface area contributed by atoms with Crippen molar-refractivity contribution in [3.8, 4) is 0 Å². The van der Waals surface area contributed by atoms with E-state index in [2.05, 4.69) is 61.2 Å². The molecule has 0 spiro atoms. The lowest BCUT2D eigenvalue weighted by Gasteiger charge is -2.36. The number of morpholine rings is 1. The van der Waals surface area contributed by atoms with Crippen molar-refractivity contribution in [2.75, 3.05) is 63.9 Å². The Morgan fingerprint density at radius 1 is 0.969 bits per heavy atom. The van der Waals surface area contributed by atoms with Crippen LogP contribution in [0.4, 0.5) is 5.95 Å². The second-order valence-corrected chi connectivity index (χ2v) is 7.90. The van der Waals surface area contributed by atoms with Crippen LogP contribution in [-0.4, -0.2) is 84.8 Å². The van der Waals surface area contributed by atoms with Gasteiger partial charge in [0.1, 0.15) is 0 Å². The number of piperazine rings is 1. The van der Waals surface area contributed by atoms with Crippen LogP contribution in [0, 0.1) is 0 Å². The van der Waals surface area contributed by atoms with Crippen molar-refractivity contribution in [2.45, 2.75) is 20.0 Å². The monoisotopic (exact) mass is 551 g/mol. The smallest absolute Gasteiger partial charge is 0.225 e. The van der Waals surface area contributed by atoms with E-state index in [4.69, 9.17) is 9.73 Å². The molecule has 174 valence electrons. The zero-order valence-corrected chi connectivity index (χ0v) is 21.1. The van der Waals surface area contributed by atoms with Gasteiger partial charge in [-0.25, -0.2) is 15.0 Å². The molecule has 8 nitrogen and oxygen atoms in total. The number of hydrogen-bond donors (Lipinski definition) is 1. The molecule has 0 radical (unpaired) electrons. The van der Waals surface area contributed by atoms with Crippen molar-refractivity contribution >= 4 is 35.9 Å². The van der Waals surface area contributed by atoms with E-state index < -0.39 is 0 Å². The quantitative estimate of drug-likeness (QED) is 0.336. The minimum atomic E-state index is 0. The van der Waals surface area contributed by atoms with Crippen molar-refractivity contribution in [2.24, 2.45) is 4.99 Å². The van der Waals surface area contributed by atoms with Gasteiger partial charge in [-0.2, -0.15) is 0 Å². The highest BCUT2D eigenvalue weighted by atomic mass is 127. The van der Waals surface area contributed by atoms with Gasteiger partial charge in [0.25, 0.3) is 0 Å². The highest BCUT2D eigenvalue weighted by Crippen LogP contribution is 2.12. The van der Waals surface area contributed by atoms with Crippen molar-refractivity contribution in [1.82, 2.24) is 25.1 Å². The number of aromatic nitrogens is 2. The minimum absolute atomic E-state index is 0. The minimum Gasteiger partial charge on any atom is -0.379 e. The summed E-state index contributed by atoms with van der Waals surface area (Å²) in [4.78, 5) is 20.6. The van der Waals surface area contributed by atoms with E-state index >= 15 is 0 Å². The van der Waals surface area contributed by atoms with Crippen LogP contribution < -0.4 is 10.2 Å². The highest BCUT2D eigenvalue weighted by Gasteiger charge is 2.21. The lowest BCUT2D eigenvalue weighted by molar-refractivity contribution is 0.0342. The molecule has 32 heavy (non-hydrogen) atoms. The van der Waals surface area contributed by atoms with Crippen molar-refractivity contribution in [3.63, 3.8) is 0 Å². The van der Waals surface area contributed by atoms with Crippen LogP contribution in [0.2, 0.25) is 0 Å². The maximum absolute atomic E-state index is 5.43. The summed E-state index contributed by atoms with van der Waals surface area (Å²) in [6.45, 7) is 12.0. The topological polar surface area (TPSA) is 69.1 Å². The number of guanidine groups is 1. The van der Waals surface area contributed by atoms with Crippen molar-refractivity contribution in [3.05, 3.63) is 53.9 Å². The fourth-order valence-corrected chi connectivity index (χ4v) is 3.93. The number of rotatable bonds is 6. The van der Waals surface area contributed by atoms with Crippen molar-refractivity contribution in [1.29, 1.82) is 0 Å². The van der Waals surface area contributed by atoms with Crippen LogP contribution in [-0.2, 0) is 17.8 Å². The van der Waals surface area contributed by atoms with E-state index in [1.165, 1.54) is 11.1 Å². The van der Waals surface area contributed by atoms with Gasteiger partial charge in [0.2, 0.25) is 5.95 Å². The first-order valence-electron chi connectivity index (χ1n) is 11.2. The summed E-state index contributed by atoms with van der Waals surface area (Å²) in [6.07, 6.45) is 3.60. The zero-order valence-electron chi connectivity index (χ0n) is 18.8. The van der Waals surface area contributed by atoms with Gasteiger partial charge >= 0.3 is 0 Å². The second kappa shape index (κ2) is 12.9. The van der Waals surface area contributed by atoms with E-state index in [9.17, 15) is 0 Å². The molecule has 0 bridgehead atoms. The summed E-state index contributed by atoms with van der Waals surface area (Å²) >= 11 is 0. The van der Waals surface area contributed by atoms with Crippen LogP contribution in [0.3, 0.4) is 0 Å². The van der Waals surface area contributed by atoms with Gasteiger partial charge in [-0.15, -0.1) is 24.0 Å². The summed E-state index contributed by atoms with van der Waals surface area (Å²) in [5.41, 5.74) is 2.58. The predicted molar refractivity (Wildman–Crippen MR) is 139 cm³/mol. The van der Waals surface area contributed by atoms with Gasteiger partial charge in [0.15, 0.2) is 5.96 Å². The molecule has 1 aromatic heterocycles. The Labute approximate surface area is 208 Å². The fourth-order valence-electron chi connectivity index (χ4n) is 3.93. The number of nitrogens with zero attached hydrogens (tertiary/aromatic N) is 6. The zero-order chi connectivity index (χ0) is 21.3. The van der Waals surface area contributed by atoms with Gasteiger partial charge in [-0.05, 0) is 24.1 Å². The molecule has 2 aliphatic rings. The largest absolute Gasteiger partial charge is 0.379 e. The maximum atomic E-state index is 5.43. The second-order valence-electron chi connectivity index (χ2n) is 7.90. The molecule has 1 N–H and O–H groups in total. The molecule has 4 rings (SSSR count). The van der Waals surface area contributed by atoms with Gasteiger partial charge in [-0.1, -0.05) is 24.3 Å². The van der Waals surface area contributed by atoms with E-state index in [0.29, 0.717) is 6.54 Å². The third-order valence-corrected chi connectivity index (χ3v) is 5.69. The lowest BCUT2D eigenvalue weighted by atomic mass is 10.1. The number of anilines is 1. The molecule has 0 unspecified atom stereocenters. The lowest BCUT2D eigenvalue weighted by Crippen LogP contribution is -2.52. The molecule has 2 aliphatic heterocycles. The van der Waals surface area contributed by atoms with Gasteiger partial charge in [0, 0.05) is 64.8 Å². The average molecular weight is 551 g/mol. The van der Waals surface area contributed by atoms with Crippen LogP contribution in [0.5, 0.6) is 0 Å². The number of aliphatic imine (C=N–C) groups is 1. The molecule has 3 heterocycles. The first kappa shape index (κ1) is 24.7. The summed E-state index contributed by atoms with van der Waals surface area (Å²) in [7, 11) is 0. The number of halogens is 1. The first-order chi connectivity index (χ1) is 15.3. The summed E-state index contributed by atoms with van der Waals surface area (Å²) in [5, 5.41) is 3.45. The molecule has 2 aromatic rings. The van der Waals surface area contributed by atoms with Crippen LogP contribution in [0.15, 0.2) is 47.7 Å². The maximum Gasteiger partial charge on any atom is 0.225 e. The normalized spacial score (nSPS) is 17.7. The number of nitrogens with one attached hydrogen (secondary N) is 1. The van der Waals surface area contributed by atoms with Crippen molar-refractivity contribution < 1.29 is 4.74 Å². The Balaban J connectivity index is 0.00000289. The Bertz CT molecular complexity index is 820.